The van der Waals surface area contributed by atoms with E-state index in [2.05, 4.69) is 26.5 Å². The van der Waals surface area contributed by atoms with Crippen LogP contribution in [0.5, 0.6) is 5.88 Å². The number of hydrazine groups is 1. The number of hydrogen-bond acceptors (Lipinski definition) is 8. The van der Waals surface area contributed by atoms with Gasteiger partial charge in [-0.05, 0) is 69.8 Å². The maximum atomic E-state index is 12.4. The highest BCUT2D eigenvalue weighted by Crippen LogP contribution is 2.33. The number of pyridine rings is 1. The van der Waals surface area contributed by atoms with Crippen molar-refractivity contribution in [1.82, 2.24) is 26.5 Å². The predicted molar refractivity (Wildman–Crippen MR) is 125 cm³/mol. The number of hydrogen-bond donors (Lipinski definition) is 5. The molecular weight excluding hydrogens is 438 g/mol. The Bertz CT molecular complexity index is 839. The zero-order chi connectivity index (χ0) is 24.1. The number of nitrogens with one attached hydrogen (secondary N) is 4. The number of carbonyl (C=O) groups excluding carboxylic acids is 2. The van der Waals surface area contributed by atoms with Crippen LogP contribution in [0.4, 0.5) is 4.79 Å². The van der Waals surface area contributed by atoms with Crippen LogP contribution >= 0.6 is 0 Å². The van der Waals surface area contributed by atoms with Gasteiger partial charge >= 0.3 is 6.09 Å². The average Bonchev–Trinajstić information content (AvgIpc) is 3.45. The van der Waals surface area contributed by atoms with Gasteiger partial charge in [-0.1, -0.05) is 6.07 Å². The molecule has 10 heteroatoms. The molecule has 3 fully saturated rings. The zero-order valence-corrected chi connectivity index (χ0v) is 20.0. The molecule has 0 bridgehead atoms. The Morgan fingerprint density at radius 1 is 1.15 bits per heavy atom. The summed E-state index contributed by atoms with van der Waals surface area (Å²) >= 11 is 0. The maximum absolute atomic E-state index is 12.4. The van der Waals surface area contributed by atoms with Gasteiger partial charge in [0.25, 0.3) is 0 Å². The molecular formula is C24H37N5O5. The van der Waals surface area contributed by atoms with E-state index in [-0.39, 0.29) is 42.8 Å². The maximum Gasteiger partial charge on any atom is 0.407 e. The van der Waals surface area contributed by atoms with Gasteiger partial charge in [-0.25, -0.2) is 15.2 Å². The third kappa shape index (κ3) is 6.80. The number of aliphatic hydroxyl groups is 1. The molecule has 0 aromatic carbocycles. The molecule has 1 saturated heterocycles. The van der Waals surface area contributed by atoms with Crippen LogP contribution in [0.1, 0.15) is 63.9 Å². The van der Waals surface area contributed by atoms with Crippen molar-refractivity contribution in [2.45, 2.75) is 94.7 Å². The number of methoxy groups -OCH3 is 1. The summed E-state index contributed by atoms with van der Waals surface area (Å²) in [4.78, 5) is 28.9. The largest absolute Gasteiger partial charge is 0.481 e. The molecule has 34 heavy (non-hydrogen) atoms. The molecule has 188 valence electrons. The highest BCUT2D eigenvalue weighted by atomic mass is 16.6. The topological polar surface area (TPSA) is 134 Å². The minimum Gasteiger partial charge on any atom is -0.481 e. The van der Waals surface area contributed by atoms with Crippen molar-refractivity contribution in [2.24, 2.45) is 5.92 Å². The van der Waals surface area contributed by atoms with Gasteiger partial charge in [-0.3, -0.25) is 10.2 Å². The predicted octanol–water partition coefficient (Wildman–Crippen LogP) is 1.53. The summed E-state index contributed by atoms with van der Waals surface area (Å²) < 4.78 is 10.7. The molecule has 1 aliphatic heterocycles. The normalized spacial score (nSPS) is 33.3. The molecule has 2 amide bonds. The Balaban J connectivity index is 1.15. The van der Waals surface area contributed by atoms with E-state index in [0.29, 0.717) is 24.6 Å². The number of aromatic nitrogens is 1. The Labute approximate surface area is 200 Å². The van der Waals surface area contributed by atoms with Crippen LogP contribution in [0.3, 0.4) is 0 Å². The quantitative estimate of drug-likeness (QED) is 0.401. The van der Waals surface area contributed by atoms with Crippen LogP contribution in [-0.2, 0) is 16.0 Å². The SMILES string of the molecule is COc1ccc(CC(=O)NC2CC([C@@H]3CC[C@H](OC(=O)NC4CCC(C)(O)CC4)C3)NN2)cn1. The second-order valence-electron chi connectivity index (χ2n) is 10.2. The summed E-state index contributed by atoms with van der Waals surface area (Å²) in [5.74, 6) is 0.830. The van der Waals surface area contributed by atoms with E-state index in [1.165, 1.54) is 0 Å². The van der Waals surface area contributed by atoms with E-state index in [4.69, 9.17) is 9.47 Å². The first-order chi connectivity index (χ1) is 16.3. The first-order valence-electron chi connectivity index (χ1n) is 12.3. The third-order valence-corrected chi connectivity index (χ3v) is 7.29. The molecule has 2 heterocycles. The summed E-state index contributed by atoms with van der Waals surface area (Å²) in [6, 6.07) is 3.86. The Kier molecular flexibility index (Phi) is 7.90. The summed E-state index contributed by atoms with van der Waals surface area (Å²) in [6.07, 6.45) is 7.65. The molecule has 4 atom stereocenters. The van der Waals surface area contributed by atoms with Crippen LogP contribution in [0, 0.1) is 5.92 Å². The monoisotopic (exact) mass is 475 g/mol. The molecule has 10 nitrogen and oxygen atoms in total. The minimum atomic E-state index is -0.618. The standard InChI is InChI=1S/C24H37N5O5/c1-24(32)9-7-17(8-10-24)26-23(31)34-18-5-4-16(12-18)19-13-20(29-28-19)27-21(30)11-15-3-6-22(33-2)25-14-15/h3,6,14,16-20,28-29,32H,4-5,7-13H2,1-2H3,(H,26,31)(H,27,30)/t16-,17?,18+,19?,20?,24?/m1/s1. The van der Waals surface area contributed by atoms with Crippen molar-refractivity contribution in [3.05, 3.63) is 23.9 Å². The van der Waals surface area contributed by atoms with Gasteiger partial charge in [0.05, 0.1) is 25.3 Å². The highest BCUT2D eigenvalue weighted by molar-refractivity contribution is 5.78. The number of nitrogens with zero attached hydrogens (tertiary/aromatic N) is 1. The van der Waals surface area contributed by atoms with Gasteiger partial charge < -0.3 is 25.2 Å². The first kappa shape index (κ1) is 24.7. The lowest BCUT2D eigenvalue weighted by atomic mass is 9.84. The molecule has 1 aromatic rings. The number of rotatable bonds is 7. The summed E-state index contributed by atoms with van der Waals surface area (Å²) in [6.45, 7) is 1.85. The van der Waals surface area contributed by atoms with E-state index >= 15 is 0 Å². The summed E-state index contributed by atoms with van der Waals surface area (Å²) in [5, 5.41) is 16.0. The molecule has 3 aliphatic rings. The fraction of sp³-hybridized carbons (Fsp3) is 0.708. The fourth-order valence-electron chi connectivity index (χ4n) is 5.23. The number of alkyl carbamates (subject to hydrolysis) is 1. The van der Waals surface area contributed by atoms with E-state index in [1.54, 1.807) is 19.4 Å². The van der Waals surface area contributed by atoms with Gasteiger partial charge in [0.2, 0.25) is 11.8 Å². The van der Waals surface area contributed by atoms with Gasteiger partial charge in [0.15, 0.2) is 0 Å². The lowest BCUT2D eigenvalue weighted by Gasteiger charge is -2.33. The Morgan fingerprint density at radius 3 is 2.65 bits per heavy atom. The smallest absolute Gasteiger partial charge is 0.407 e. The first-order valence-corrected chi connectivity index (χ1v) is 12.3. The second-order valence-corrected chi connectivity index (χ2v) is 10.2. The molecule has 2 saturated carbocycles. The van der Waals surface area contributed by atoms with Crippen molar-refractivity contribution >= 4 is 12.0 Å². The van der Waals surface area contributed by atoms with Crippen LogP contribution in [0.2, 0.25) is 0 Å². The van der Waals surface area contributed by atoms with E-state index in [9.17, 15) is 14.7 Å². The molecule has 5 N–H and O–H groups in total. The second kappa shape index (κ2) is 10.9. The van der Waals surface area contributed by atoms with Crippen molar-refractivity contribution in [2.75, 3.05) is 7.11 Å². The average molecular weight is 476 g/mol. The Morgan fingerprint density at radius 2 is 1.94 bits per heavy atom. The third-order valence-electron chi connectivity index (χ3n) is 7.29. The fourth-order valence-corrected chi connectivity index (χ4v) is 5.23. The highest BCUT2D eigenvalue weighted by Gasteiger charge is 2.37. The molecule has 1 aromatic heterocycles. The minimum absolute atomic E-state index is 0.0690. The number of amides is 2. The van der Waals surface area contributed by atoms with Crippen molar-refractivity contribution in [3.8, 4) is 5.88 Å². The lowest BCUT2D eigenvalue weighted by Crippen LogP contribution is -2.45. The van der Waals surface area contributed by atoms with Crippen LogP contribution < -0.4 is 26.2 Å². The van der Waals surface area contributed by atoms with E-state index in [1.807, 2.05) is 13.0 Å². The van der Waals surface area contributed by atoms with Gasteiger partial charge in [0.1, 0.15) is 6.10 Å². The van der Waals surface area contributed by atoms with Crippen molar-refractivity contribution in [1.29, 1.82) is 0 Å². The molecule has 2 unspecified atom stereocenters. The summed E-state index contributed by atoms with van der Waals surface area (Å²) in [5.41, 5.74) is 6.69. The van der Waals surface area contributed by atoms with Crippen molar-refractivity contribution < 1.29 is 24.2 Å². The molecule has 4 rings (SSSR count). The molecule has 2 aliphatic carbocycles. The van der Waals surface area contributed by atoms with Gasteiger partial charge in [0, 0.05) is 24.3 Å². The lowest BCUT2D eigenvalue weighted by molar-refractivity contribution is -0.121. The molecule has 0 radical (unpaired) electrons. The Hall–Kier alpha value is -2.43. The summed E-state index contributed by atoms with van der Waals surface area (Å²) in [7, 11) is 1.56. The number of ether oxygens (including phenoxy) is 2. The number of carbonyl (C=O) groups is 2. The zero-order valence-electron chi connectivity index (χ0n) is 20.0. The van der Waals surface area contributed by atoms with E-state index in [0.717, 1.165) is 44.1 Å². The van der Waals surface area contributed by atoms with Crippen LogP contribution in [0.15, 0.2) is 18.3 Å². The van der Waals surface area contributed by atoms with Crippen molar-refractivity contribution in [3.63, 3.8) is 0 Å². The van der Waals surface area contributed by atoms with E-state index < -0.39 is 5.60 Å². The molecule has 0 spiro atoms. The van der Waals surface area contributed by atoms with Crippen LogP contribution in [-0.4, -0.2) is 59.2 Å². The van der Waals surface area contributed by atoms with Gasteiger partial charge in [-0.2, -0.15) is 0 Å². The van der Waals surface area contributed by atoms with Crippen LogP contribution in [0.25, 0.3) is 0 Å². The van der Waals surface area contributed by atoms with Gasteiger partial charge in [-0.15, -0.1) is 0 Å².